The van der Waals surface area contributed by atoms with Crippen molar-refractivity contribution in [1.82, 2.24) is 25.5 Å². The van der Waals surface area contributed by atoms with Crippen molar-refractivity contribution in [3.63, 3.8) is 0 Å². The number of methoxy groups -OCH3 is 1. The second-order valence-corrected chi connectivity index (χ2v) is 6.10. The van der Waals surface area contributed by atoms with E-state index in [0.29, 0.717) is 12.1 Å². The summed E-state index contributed by atoms with van der Waals surface area (Å²) in [5.74, 6) is 0.138. The molecule has 0 spiro atoms. The summed E-state index contributed by atoms with van der Waals surface area (Å²) in [6, 6.07) is -0.585. The van der Waals surface area contributed by atoms with Crippen LogP contribution in [0.25, 0.3) is 0 Å². The van der Waals surface area contributed by atoms with Gasteiger partial charge in [-0.05, 0) is 0 Å². The smallest absolute Gasteiger partial charge is 0.434 e. The molecule has 1 amide bonds. The molecule has 2 unspecified atom stereocenters. The molecule has 0 radical (unpaired) electrons. The van der Waals surface area contributed by atoms with Crippen LogP contribution in [0.3, 0.4) is 0 Å². The molecule has 1 aromatic heterocycles. The summed E-state index contributed by atoms with van der Waals surface area (Å²) in [5.41, 5.74) is -1.09. The lowest BCUT2D eigenvalue weighted by molar-refractivity contribution is -0.141. The van der Waals surface area contributed by atoms with Gasteiger partial charge in [-0.25, -0.2) is 14.4 Å². The van der Waals surface area contributed by atoms with Gasteiger partial charge < -0.3 is 20.3 Å². The molecule has 0 aromatic carbocycles. The van der Waals surface area contributed by atoms with Crippen molar-refractivity contribution in [2.75, 3.05) is 25.2 Å². The van der Waals surface area contributed by atoms with Crippen LogP contribution in [0.5, 0.6) is 0 Å². The van der Waals surface area contributed by atoms with Gasteiger partial charge in [-0.1, -0.05) is 0 Å². The lowest BCUT2D eigenvalue weighted by Gasteiger charge is -2.29. The molecule has 1 fully saturated rings. The third-order valence-electron chi connectivity index (χ3n) is 4.16. The summed E-state index contributed by atoms with van der Waals surface area (Å²) in [5, 5.41) is 5.46. The minimum absolute atomic E-state index is 0. The van der Waals surface area contributed by atoms with Gasteiger partial charge in [-0.2, -0.15) is 13.2 Å². The maximum Gasteiger partial charge on any atom is 0.434 e. The Labute approximate surface area is 170 Å². The molecular weight excluding hydrogens is 420 g/mol. The number of carbonyl (C=O) groups excluding carboxylic acids is 1. The fourth-order valence-corrected chi connectivity index (χ4v) is 2.68. The maximum atomic E-state index is 13.2. The first-order valence-corrected chi connectivity index (χ1v) is 8.31. The Hall–Kier alpha value is -2.60. The molecule has 0 aliphatic carbocycles. The van der Waals surface area contributed by atoms with E-state index in [1.165, 1.54) is 24.4 Å². The number of ether oxygens (including phenoxy) is 1. The van der Waals surface area contributed by atoms with E-state index in [9.17, 15) is 22.4 Å². The highest BCUT2D eigenvalue weighted by Crippen LogP contribution is 2.28. The first-order chi connectivity index (χ1) is 13.3. The van der Waals surface area contributed by atoms with Crippen molar-refractivity contribution in [3.05, 3.63) is 42.6 Å². The molecule has 2 N–H and O–H groups in total. The van der Waals surface area contributed by atoms with Gasteiger partial charge in [-0.15, -0.1) is 12.4 Å². The van der Waals surface area contributed by atoms with Gasteiger partial charge in [0.2, 0.25) is 11.8 Å². The fraction of sp³-hybridized carbons (Fsp3) is 0.438. The van der Waals surface area contributed by atoms with Crippen LogP contribution in [0.15, 0.2) is 36.9 Å². The summed E-state index contributed by atoms with van der Waals surface area (Å²) in [7, 11) is 1.41. The van der Waals surface area contributed by atoms with E-state index >= 15 is 0 Å². The lowest BCUT2D eigenvalue weighted by Crippen LogP contribution is -2.44. The summed E-state index contributed by atoms with van der Waals surface area (Å²) in [6.45, 7) is 0.213. The van der Waals surface area contributed by atoms with Gasteiger partial charge in [0.1, 0.15) is 6.17 Å². The van der Waals surface area contributed by atoms with Gasteiger partial charge in [0.25, 0.3) is 0 Å². The average Bonchev–Trinajstić information content (AvgIpc) is 3.12. The average molecular weight is 439 g/mol. The quantitative estimate of drug-likeness (QED) is 0.677. The van der Waals surface area contributed by atoms with Crippen LogP contribution in [0.2, 0.25) is 0 Å². The molecule has 0 saturated carbocycles. The normalized spacial score (nSPS) is 21.5. The minimum Gasteiger partial charge on any atom is -0.481 e. The highest BCUT2D eigenvalue weighted by atomic mass is 35.5. The highest BCUT2D eigenvalue weighted by molar-refractivity contribution is 5.85. The molecule has 3 rings (SSSR count). The molecule has 2 aliphatic rings. The molecule has 1 saturated heterocycles. The number of nitrogens with one attached hydrogen (secondary N) is 2. The van der Waals surface area contributed by atoms with E-state index in [0.717, 1.165) is 6.20 Å². The molecule has 160 valence electrons. The van der Waals surface area contributed by atoms with Crippen molar-refractivity contribution in [1.29, 1.82) is 0 Å². The van der Waals surface area contributed by atoms with Crippen molar-refractivity contribution in [2.24, 2.45) is 0 Å². The summed E-state index contributed by atoms with van der Waals surface area (Å²) >= 11 is 0. The molecule has 2 aliphatic heterocycles. The summed E-state index contributed by atoms with van der Waals surface area (Å²) < 4.78 is 56.2. The Morgan fingerprint density at radius 3 is 2.66 bits per heavy atom. The molecule has 2 atom stereocenters. The van der Waals surface area contributed by atoms with E-state index < -0.39 is 24.1 Å². The van der Waals surface area contributed by atoms with Gasteiger partial charge in [0, 0.05) is 25.4 Å². The number of halogens is 5. The number of amides is 1. The molecule has 1 aromatic rings. The van der Waals surface area contributed by atoms with Crippen LogP contribution < -0.4 is 15.5 Å². The Kier molecular flexibility index (Phi) is 7.25. The van der Waals surface area contributed by atoms with Crippen LogP contribution >= 0.6 is 12.4 Å². The number of rotatable bonds is 5. The third kappa shape index (κ3) is 5.48. The Balaban J connectivity index is 0.00000300. The SMILES string of the molecule is COC1=CN(c2cnc(C(F)(F)F)cn2)C=CN1CNC(=O)C1CC(F)CN1.Cl. The van der Waals surface area contributed by atoms with Gasteiger partial charge >= 0.3 is 6.18 Å². The van der Waals surface area contributed by atoms with Gasteiger partial charge in [-0.3, -0.25) is 9.69 Å². The number of anilines is 1. The predicted octanol–water partition coefficient (Wildman–Crippen LogP) is 1.73. The number of hydrogen-bond acceptors (Lipinski definition) is 7. The standard InChI is InChI=1S/C16H18F4N6O2.ClH/c1-28-14-8-25(13-7-22-12(6-23-13)16(18,19)20)2-3-26(14)9-24-15(27)11-4-10(17)5-21-11;/h2-3,6-8,10-11,21H,4-5,9H2,1H3,(H,24,27);1H. The monoisotopic (exact) mass is 438 g/mol. The van der Waals surface area contributed by atoms with Crippen molar-refractivity contribution >= 4 is 24.1 Å². The molecule has 13 heteroatoms. The van der Waals surface area contributed by atoms with Crippen molar-refractivity contribution in [3.8, 4) is 0 Å². The number of hydrogen-bond donors (Lipinski definition) is 2. The maximum absolute atomic E-state index is 13.2. The zero-order valence-electron chi connectivity index (χ0n) is 15.2. The first-order valence-electron chi connectivity index (χ1n) is 8.31. The van der Waals surface area contributed by atoms with Crippen LogP contribution in [-0.2, 0) is 15.7 Å². The second kappa shape index (κ2) is 9.27. The van der Waals surface area contributed by atoms with Gasteiger partial charge in [0.15, 0.2) is 11.5 Å². The van der Waals surface area contributed by atoms with Gasteiger partial charge in [0.05, 0.1) is 38.4 Å². The number of nitrogens with zero attached hydrogens (tertiary/aromatic N) is 4. The number of aromatic nitrogens is 2. The summed E-state index contributed by atoms with van der Waals surface area (Å²) in [6.07, 6.45) is 0.705. The second-order valence-electron chi connectivity index (χ2n) is 6.10. The van der Waals surface area contributed by atoms with Crippen LogP contribution in [-0.4, -0.2) is 53.3 Å². The fourth-order valence-electron chi connectivity index (χ4n) is 2.68. The van der Waals surface area contributed by atoms with Crippen molar-refractivity contribution in [2.45, 2.75) is 24.8 Å². The first kappa shape index (κ1) is 22.7. The zero-order valence-corrected chi connectivity index (χ0v) is 16.0. The Morgan fingerprint density at radius 1 is 1.34 bits per heavy atom. The highest BCUT2D eigenvalue weighted by Gasteiger charge is 2.33. The largest absolute Gasteiger partial charge is 0.481 e. The topological polar surface area (TPSA) is 82.6 Å². The molecule has 0 bridgehead atoms. The number of alkyl halides is 4. The molecular formula is C16H19ClF4N6O2. The zero-order chi connectivity index (χ0) is 20.3. The molecule has 8 nitrogen and oxygen atoms in total. The molecule has 3 heterocycles. The third-order valence-corrected chi connectivity index (χ3v) is 4.16. The van der Waals surface area contributed by atoms with Crippen LogP contribution in [0.4, 0.5) is 23.4 Å². The Morgan fingerprint density at radius 2 is 2.10 bits per heavy atom. The van der Waals surface area contributed by atoms with E-state index in [1.54, 1.807) is 11.1 Å². The number of carbonyl (C=O) groups is 1. The lowest BCUT2D eigenvalue weighted by atomic mass is 10.2. The van der Waals surface area contributed by atoms with Crippen LogP contribution in [0.1, 0.15) is 12.1 Å². The minimum atomic E-state index is -4.57. The summed E-state index contributed by atoms with van der Waals surface area (Å²) in [4.78, 5) is 22.2. The Bertz CT molecular complexity index is 774. The van der Waals surface area contributed by atoms with E-state index in [-0.39, 0.29) is 43.8 Å². The predicted molar refractivity (Wildman–Crippen MR) is 97.1 cm³/mol. The van der Waals surface area contributed by atoms with Crippen molar-refractivity contribution < 1.29 is 27.1 Å². The van der Waals surface area contributed by atoms with E-state index in [4.69, 9.17) is 4.74 Å². The van der Waals surface area contributed by atoms with Crippen LogP contribution in [0, 0.1) is 0 Å². The van der Waals surface area contributed by atoms with E-state index in [2.05, 4.69) is 20.6 Å². The van der Waals surface area contributed by atoms with E-state index in [1.807, 2.05) is 0 Å². The molecule has 29 heavy (non-hydrogen) atoms.